The van der Waals surface area contributed by atoms with Crippen LogP contribution in [0.4, 0.5) is 23.0 Å². The maximum atomic E-state index is 11.6. The number of H-pyrrole nitrogens is 2. The third kappa shape index (κ3) is 4.69. The maximum Gasteiger partial charge on any atom is 0.275 e. The minimum Gasteiger partial charge on any atom is -0.398 e. The lowest BCUT2D eigenvalue weighted by molar-refractivity contribution is 0.100. The molecule has 1 fully saturated rings. The van der Waals surface area contributed by atoms with E-state index in [0.717, 1.165) is 37.3 Å². The van der Waals surface area contributed by atoms with Crippen LogP contribution in [0.3, 0.4) is 0 Å². The molecule has 0 spiro atoms. The first-order valence-corrected chi connectivity index (χ1v) is 11.2. The molecule has 0 saturated carbocycles. The summed E-state index contributed by atoms with van der Waals surface area (Å²) < 4.78 is 0. The monoisotopic (exact) mass is 471 g/mol. The fourth-order valence-corrected chi connectivity index (χ4v) is 4.14. The minimum atomic E-state index is -0.544. The Kier molecular flexibility index (Phi) is 5.88. The second-order valence-electron chi connectivity index (χ2n) is 8.38. The summed E-state index contributed by atoms with van der Waals surface area (Å²) in [6.45, 7) is 1.76. The molecular formula is C24H25N9O2. The lowest BCUT2D eigenvalue weighted by Gasteiger charge is -2.32. The highest BCUT2D eigenvalue weighted by molar-refractivity contribution is 6.02. The van der Waals surface area contributed by atoms with E-state index < -0.39 is 5.91 Å². The first kappa shape index (κ1) is 22.1. The van der Waals surface area contributed by atoms with Gasteiger partial charge in [-0.05, 0) is 43.2 Å². The Balaban J connectivity index is 1.18. The number of aromatic amines is 2. The smallest absolute Gasteiger partial charge is 0.275 e. The van der Waals surface area contributed by atoms with Crippen molar-refractivity contribution in [3.8, 4) is 0 Å². The molecule has 5 rings (SSSR count). The first-order chi connectivity index (χ1) is 17.0. The fraction of sp³-hybridized carbons (Fsp3) is 0.208. The van der Waals surface area contributed by atoms with Gasteiger partial charge >= 0.3 is 0 Å². The average Bonchev–Trinajstić information content (AvgIpc) is 3.24. The van der Waals surface area contributed by atoms with Crippen LogP contribution >= 0.6 is 0 Å². The topological polar surface area (TPSA) is 171 Å². The molecule has 0 unspecified atom stereocenters. The fourth-order valence-electron chi connectivity index (χ4n) is 4.14. The van der Waals surface area contributed by atoms with Crippen molar-refractivity contribution in [3.05, 3.63) is 70.1 Å². The molecule has 1 amide bonds. The molecule has 0 aliphatic carbocycles. The van der Waals surface area contributed by atoms with Crippen LogP contribution in [0.15, 0.2) is 58.4 Å². The van der Waals surface area contributed by atoms with Gasteiger partial charge in [-0.2, -0.15) is 4.98 Å². The summed E-state index contributed by atoms with van der Waals surface area (Å²) in [5.41, 5.74) is 15.0. The molecule has 11 nitrogen and oxygen atoms in total. The van der Waals surface area contributed by atoms with E-state index in [0.29, 0.717) is 33.8 Å². The third-order valence-corrected chi connectivity index (χ3v) is 6.11. The number of nitrogens with one attached hydrogen (secondary N) is 3. The van der Waals surface area contributed by atoms with Crippen molar-refractivity contribution >= 4 is 46.2 Å². The van der Waals surface area contributed by atoms with Crippen LogP contribution in [0, 0.1) is 0 Å². The Bertz CT molecular complexity index is 1450. The van der Waals surface area contributed by atoms with Gasteiger partial charge in [0.2, 0.25) is 5.95 Å². The van der Waals surface area contributed by atoms with Crippen LogP contribution in [-0.2, 0) is 0 Å². The summed E-state index contributed by atoms with van der Waals surface area (Å²) in [6, 6.07) is 13.4. The molecule has 178 valence electrons. The summed E-state index contributed by atoms with van der Waals surface area (Å²) in [5.74, 6) is -0.140. The zero-order valence-corrected chi connectivity index (χ0v) is 18.9. The molecule has 1 aliphatic rings. The molecule has 7 N–H and O–H groups in total. The van der Waals surface area contributed by atoms with Crippen LogP contribution in [0.25, 0.3) is 11.0 Å². The minimum absolute atomic E-state index is 0.191. The molecular weight excluding hydrogens is 446 g/mol. The van der Waals surface area contributed by atoms with Gasteiger partial charge in [0.15, 0.2) is 5.65 Å². The van der Waals surface area contributed by atoms with Crippen LogP contribution in [-0.4, -0.2) is 51.4 Å². The number of aromatic nitrogens is 4. The zero-order chi connectivity index (χ0) is 24.4. The van der Waals surface area contributed by atoms with E-state index in [-0.39, 0.29) is 11.6 Å². The molecule has 35 heavy (non-hydrogen) atoms. The zero-order valence-electron chi connectivity index (χ0n) is 18.9. The number of nitrogens with two attached hydrogens (primary N) is 2. The second kappa shape index (κ2) is 9.29. The standard InChI is InChI=1S/C24H25N9O2/c25-20-14(2-1-3-18(20)21(26)34)12-27-15-8-10-33(11-9-15)17-6-4-16(5-7-17)29-24-28-13-19-22(30-24)31-32-23(19)35/h1-7,12-13,15H,8-11,25H2,(H2,26,34)(H3,28,29,30,31,32,35). The number of carbonyl (C=O) groups is 1. The van der Waals surface area contributed by atoms with Crippen LogP contribution in [0.5, 0.6) is 0 Å². The summed E-state index contributed by atoms with van der Waals surface area (Å²) >= 11 is 0. The number of piperidine rings is 1. The Labute approximate surface area is 200 Å². The number of hydrogen-bond acceptors (Lipinski definition) is 8. The number of nitrogen functional groups attached to an aromatic ring is 1. The Hall–Kier alpha value is -4.67. The maximum absolute atomic E-state index is 11.6. The number of aliphatic imine (C=N–C) groups is 1. The normalized spacial score (nSPS) is 14.6. The molecule has 0 bridgehead atoms. The number of carbonyl (C=O) groups excluding carboxylic acids is 1. The Morgan fingerprint density at radius 2 is 1.91 bits per heavy atom. The van der Waals surface area contributed by atoms with E-state index in [1.54, 1.807) is 18.3 Å². The van der Waals surface area contributed by atoms with Crippen molar-refractivity contribution < 1.29 is 4.79 Å². The van der Waals surface area contributed by atoms with E-state index in [9.17, 15) is 9.59 Å². The van der Waals surface area contributed by atoms with Crippen molar-refractivity contribution in [3.63, 3.8) is 0 Å². The lowest BCUT2D eigenvalue weighted by Crippen LogP contribution is -2.35. The number of para-hydroxylation sites is 1. The van der Waals surface area contributed by atoms with Crippen molar-refractivity contribution in [2.45, 2.75) is 18.9 Å². The van der Waals surface area contributed by atoms with Gasteiger partial charge in [-0.1, -0.05) is 12.1 Å². The molecule has 0 atom stereocenters. The number of rotatable bonds is 6. The number of hydrogen-bond donors (Lipinski definition) is 5. The molecule has 0 radical (unpaired) electrons. The van der Waals surface area contributed by atoms with Gasteiger partial charge in [-0.15, -0.1) is 0 Å². The molecule has 1 aliphatic heterocycles. The summed E-state index contributed by atoms with van der Waals surface area (Å²) in [5, 5.41) is 8.79. The van der Waals surface area contributed by atoms with Crippen molar-refractivity contribution in [1.82, 2.24) is 20.2 Å². The van der Waals surface area contributed by atoms with Gasteiger partial charge < -0.3 is 21.7 Å². The van der Waals surface area contributed by atoms with Crippen LogP contribution in [0.1, 0.15) is 28.8 Å². The molecule has 1 saturated heterocycles. The third-order valence-electron chi connectivity index (χ3n) is 6.11. The van der Waals surface area contributed by atoms with E-state index in [2.05, 4.69) is 42.5 Å². The molecule has 2 aromatic heterocycles. The molecule has 2 aromatic carbocycles. The highest BCUT2D eigenvalue weighted by Crippen LogP contribution is 2.24. The highest BCUT2D eigenvalue weighted by atomic mass is 16.1. The quantitative estimate of drug-likeness (QED) is 0.212. The van der Waals surface area contributed by atoms with E-state index in [1.165, 1.54) is 6.20 Å². The average molecular weight is 472 g/mol. The SMILES string of the molecule is NC(=O)c1cccc(C=NC2CCN(c3ccc(Nc4ncc5c(=O)[nH][nH]c5n4)cc3)CC2)c1N. The molecule has 11 heteroatoms. The van der Waals surface area contributed by atoms with Gasteiger partial charge in [0.1, 0.15) is 5.39 Å². The number of fused-ring (bicyclic) bond motifs is 1. The number of amides is 1. The van der Waals surface area contributed by atoms with E-state index >= 15 is 0 Å². The van der Waals surface area contributed by atoms with Crippen molar-refractivity contribution in [2.75, 3.05) is 29.0 Å². The van der Waals surface area contributed by atoms with Crippen LogP contribution < -0.4 is 27.2 Å². The number of benzene rings is 2. The largest absolute Gasteiger partial charge is 0.398 e. The Morgan fingerprint density at radius 3 is 2.66 bits per heavy atom. The van der Waals surface area contributed by atoms with Crippen molar-refractivity contribution in [1.29, 1.82) is 0 Å². The summed E-state index contributed by atoms with van der Waals surface area (Å²) in [4.78, 5) is 38.6. The predicted octanol–water partition coefficient (Wildman–Crippen LogP) is 2.16. The summed E-state index contributed by atoms with van der Waals surface area (Å²) in [7, 11) is 0. The predicted molar refractivity (Wildman–Crippen MR) is 136 cm³/mol. The summed E-state index contributed by atoms with van der Waals surface area (Å²) in [6.07, 6.45) is 5.05. The van der Waals surface area contributed by atoms with Crippen LogP contribution in [0.2, 0.25) is 0 Å². The Morgan fingerprint density at radius 1 is 1.14 bits per heavy atom. The second-order valence-corrected chi connectivity index (χ2v) is 8.38. The highest BCUT2D eigenvalue weighted by Gasteiger charge is 2.19. The number of nitrogens with zero attached hydrogens (tertiary/aromatic N) is 4. The van der Waals surface area contributed by atoms with E-state index in [1.807, 2.05) is 18.2 Å². The van der Waals surface area contributed by atoms with Gasteiger partial charge in [-0.25, -0.2) is 4.98 Å². The number of primary amides is 1. The van der Waals surface area contributed by atoms with Gasteiger partial charge in [0.05, 0.1) is 17.3 Å². The van der Waals surface area contributed by atoms with Gasteiger partial charge in [-0.3, -0.25) is 24.8 Å². The van der Waals surface area contributed by atoms with Crippen molar-refractivity contribution in [2.24, 2.45) is 10.7 Å². The molecule has 4 aromatic rings. The lowest BCUT2D eigenvalue weighted by atomic mass is 10.0. The van der Waals surface area contributed by atoms with Gasteiger partial charge in [0.25, 0.3) is 11.5 Å². The van der Waals surface area contributed by atoms with E-state index in [4.69, 9.17) is 16.5 Å². The van der Waals surface area contributed by atoms with Gasteiger partial charge in [0, 0.05) is 42.4 Å². The first-order valence-electron chi connectivity index (χ1n) is 11.2. The number of anilines is 4. The molecule has 3 heterocycles.